The fourth-order valence-corrected chi connectivity index (χ4v) is 4.97. The van der Waals surface area contributed by atoms with E-state index in [1.807, 2.05) is 29.7 Å². The maximum Gasteiger partial charge on any atom is 0.289 e. The normalized spacial score (nSPS) is 23.7. The number of hydrogen-bond donors (Lipinski definition) is 0. The molecule has 2 aromatic rings. The minimum absolute atomic E-state index is 0.0729. The van der Waals surface area contributed by atoms with Crippen LogP contribution in [0.5, 0.6) is 0 Å². The van der Waals surface area contributed by atoms with Gasteiger partial charge in [-0.05, 0) is 38.3 Å². The molecule has 2 fully saturated rings. The predicted octanol–water partition coefficient (Wildman–Crippen LogP) is 2.43. The van der Waals surface area contributed by atoms with Crippen molar-refractivity contribution in [2.24, 2.45) is 11.3 Å². The molecule has 0 saturated carbocycles. The molecule has 0 spiro atoms. The first kappa shape index (κ1) is 20.7. The van der Waals surface area contributed by atoms with Crippen LogP contribution >= 0.6 is 0 Å². The highest BCUT2D eigenvalue weighted by Gasteiger charge is 2.51. The molecule has 162 valence electrons. The van der Waals surface area contributed by atoms with Crippen LogP contribution in [0.2, 0.25) is 0 Å². The Morgan fingerprint density at radius 1 is 1.27 bits per heavy atom. The highest BCUT2D eigenvalue weighted by molar-refractivity contribution is 5.91. The molecule has 0 radical (unpaired) electrons. The van der Waals surface area contributed by atoms with Crippen LogP contribution in [0.4, 0.5) is 0 Å². The summed E-state index contributed by atoms with van der Waals surface area (Å²) in [6.45, 7) is 8.47. The van der Waals surface area contributed by atoms with E-state index in [1.165, 1.54) is 0 Å². The Kier molecular flexibility index (Phi) is 5.44. The van der Waals surface area contributed by atoms with E-state index in [0.29, 0.717) is 50.1 Å². The topological polar surface area (TPSA) is 89.0 Å². The van der Waals surface area contributed by atoms with E-state index in [4.69, 9.17) is 13.7 Å². The lowest BCUT2D eigenvalue weighted by molar-refractivity contribution is -0.134. The van der Waals surface area contributed by atoms with Crippen LogP contribution in [0, 0.1) is 25.2 Å². The van der Waals surface area contributed by atoms with Crippen molar-refractivity contribution in [3.8, 4) is 0 Å². The molecule has 4 rings (SSSR count). The van der Waals surface area contributed by atoms with Crippen LogP contribution in [0.1, 0.15) is 46.7 Å². The largest absolute Gasteiger partial charge is 0.456 e. The summed E-state index contributed by atoms with van der Waals surface area (Å²) < 4.78 is 16.6. The lowest BCUT2D eigenvalue weighted by Crippen LogP contribution is -2.52. The van der Waals surface area contributed by atoms with Gasteiger partial charge in [-0.3, -0.25) is 9.59 Å². The Morgan fingerprint density at radius 3 is 2.70 bits per heavy atom. The van der Waals surface area contributed by atoms with Crippen molar-refractivity contribution < 1.29 is 23.3 Å². The number of ether oxygens (including phenoxy) is 1. The smallest absolute Gasteiger partial charge is 0.289 e. The van der Waals surface area contributed by atoms with E-state index < -0.39 is 0 Å². The first-order valence-electron chi connectivity index (χ1n) is 10.4. The van der Waals surface area contributed by atoms with Gasteiger partial charge in [-0.25, -0.2) is 0 Å². The summed E-state index contributed by atoms with van der Waals surface area (Å²) in [5.74, 6) is 2.08. The number of methoxy groups -OCH3 is 1. The second-order valence-corrected chi connectivity index (χ2v) is 8.65. The van der Waals surface area contributed by atoms with Crippen LogP contribution in [0.15, 0.2) is 21.1 Å². The Labute approximate surface area is 176 Å². The number of piperidine rings is 1. The van der Waals surface area contributed by atoms with Gasteiger partial charge < -0.3 is 23.5 Å². The van der Waals surface area contributed by atoms with E-state index >= 15 is 0 Å². The zero-order valence-corrected chi connectivity index (χ0v) is 18.1. The molecule has 0 bridgehead atoms. The SMILES string of the molecule is COC[C@@]12CN(C(C)=O)CC[C@@H]1CN(C(=O)c1ccc(Cc3c(C)noc3C)o1)C2. The summed E-state index contributed by atoms with van der Waals surface area (Å²) >= 11 is 0. The Bertz CT molecular complexity index is 929. The van der Waals surface area contributed by atoms with Crippen molar-refractivity contribution in [3.63, 3.8) is 0 Å². The standard InChI is InChI=1S/C22H29N3O5/c1-14-19(15(2)30-23-14)9-18-5-6-20(29-18)21(27)25-10-17-7-8-24(16(3)26)11-22(17,12-25)13-28-4/h5-6,17H,7-13H2,1-4H3/t17-,22+/m1/s1. The van der Waals surface area contributed by atoms with Gasteiger partial charge >= 0.3 is 0 Å². The molecule has 8 nitrogen and oxygen atoms in total. The van der Waals surface area contributed by atoms with Gasteiger partial charge in [0.25, 0.3) is 5.91 Å². The number of hydrogen-bond acceptors (Lipinski definition) is 6. The first-order valence-corrected chi connectivity index (χ1v) is 10.4. The van der Waals surface area contributed by atoms with Crippen molar-refractivity contribution in [3.05, 3.63) is 40.7 Å². The van der Waals surface area contributed by atoms with Gasteiger partial charge in [-0.15, -0.1) is 0 Å². The summed E-state index contributed by atoms with van der Waals surface area (Å²) in [5, 5.41) is 3.97. The van der Waals surface area contributed by atoms with Crippen LogP contribution in [0.25, 0.3) is 0 Å². The predicted molar refractivity (Wildman–Crippen MR) is 108 cm³/mol. The fourth-order valence-electron chi connectivity index (χ4n) is 4.97. The third-order valence-electron chi connectivity index (χ3n) is 6.63. The number of rotatable bonds is 5. The molecular weight excluding hydrogens is 386 g/mol. The number of furan rings is 1. The van der Waals surface area contributed by atoms with Gasteiger partial charge in [-0.1, -0.05) is 5.16 Å². The quantitative estimate of drug-likeness (QED) is 0.745. The van der Waals surface area contributed by atoms with Crippen molar-refractivity contribution in [2.75, 3.05) is 39.9 Å². The second kappa shape index (κ2) is 7.91. The molecular formula is C22H29N3O5. The molecule has 2 aromatic heterocycles. The molecule has 2 atom stereocenters. The van der Waals surface area contributed by atoms with Crippen LogP contribution < -0.4 is 0 Å². The molecule has 2 aliphatic heterocycles. The van der Waals surface area contributed by atoms with E-state index in [9.17, 15) is 9.59 Å². The van der Waals surface area contributed by atoms with Gasteiger partial charge in [0.1, 0.15) is 11.5 Å². The molecule has 0 aromatic carbocycles. The zero-order chi connectivity index (χ0) is 21.5. The molecule has 2 amide bonds. The summed E-state index contributed by atoms with van der Waals surface area (Å²) in [6.07, 6.45) is 1.42. The number of nitrogens with zero attached hydrogens (tertiary/aromatic N) is 3. The number of carbonyl (C=O) groups excluding carboxylic acids is 2. The number of aryl methyl sites for hydroxylation is 2. The maximum atomic E-state index is 13.2. The minimum atomic E-state index is -0.222. The molecule has 30 heavy (non-hydrogen) atoms. The zero-order valence-electron chi connectivity index (χ0n) is 18.1. The van der Waals surface area contributed by atoms with Gasteiger partial charge in [0.2, 0.25) is 5.91 Å². The molecule has 2 aliphatic rings. The molecule has 4 heterocycles. The molecule has 0 N–H and O–H groups in total. The Morgan fingerprint density at radius 2 is 2.03 bits per heavy atom. The van der Waals surface area contributed by atoms with Crippen molar-refractivity contribution in [2.45, 2.75) is 33.6 Å². The minimum Gasteiger partial charge on any atom is -0.456 e. The van der Waals surface area contributed by atoms with Crippen molar-refractivity contribution in [1.82, 2.24) is 15.0 Å². The van der Waals surface area contributed by atoms with E-state index in [-0.39, 0.29) is 17.2 Å². The van der Waals surface area contributed by atoms with E-state index in [2.05, 4.69) is 5.16 Å². The third-order valence-corrected chi connectivity index (χ3v) is 6.63. The molecule has 8 heteroatoms. The third kappa shape index (κ3) is 3.64. The lowest BCUT2D eigenvalue weighted by atomic mass is 9.74. The number of likely N-dealkylation sites (tertiary alicyclic amines) is 2. The van der Waals surface area contributed by atoms with Crippen molar-refractivity contribution >= 4 is 11.8 Å². The number of amides is 2. The molecule has 0 aliphatic carbocycles. The van der Waals surface area contributed by atoms with Crippen molar-refractivity contribution in [1.29, 1.82) is 0 Å². The Hall–Kier alpha value is -2.61. The lowest BCUT2D eigenvalue weighted by Gasteiger charge is -2.43. The Balaban J connectivity index is 1.49. The van der Waals surface area contributed by atoms with Gasteiger partial charge in [0, 0.05) is 57.6 Å². The van der Waals surface area contributed by atoms with Gasteiger partial charge in [-0.2, -0.15) is 0 Å². The summed E-state index contributed by atoms with van der Waals surface area (Å²) in [6, 6.07) is 3.58. The van der Waals surface area contributed by atoms with Gasteiger partial charge in [0.05, 0.1) is 12.3 Å². The summed E-state index contributed by atoms with van der Waals surface area (Å²) in [7, 11) is 1.68. The molecule has 2 saturated heterocycles. The fraction of sp³-hybridized carbons (Fsp3) is 0.591. The first-order chi connectivity index (χ1) is 14.3. The van der Waals surface area contributed by atoms with Crippen LogP contribution in [-0.4, -0.2) is 66.7 Å². The monoisotopic (exact) mass is 415 g/mol. The number of aromatic nitrogens is 1. The van der Waals surface area contributed by atoms with Crippen LogP contribution in [-0.2, 0) is 16.0 Å². The average molecular weight is 415 g/mol. The molecule has 0 unspecified atom stereocenters. The average Bonchev–Trinajstić information content (AvgIpc) is 3.41. The summed E-state index contributed by atoms with van der Waals surface area (Å²) in [4.78, 5) is 28.8. The highest BCUT2D eigenvalue weighted by atomic mass is 16.5. The summed E-state index contributed by atoms with van der Waals surface area (Å²) in [5.41, 5.74) is 1.59. The van der Waals surface area contributed by atoms with Gasteiger partial charge in [0.15, 0.2) is 5.76 Å². The number of carbonyl (C=O) groups is 2. The van der Waals surface area contributed by atoms with E-state index in [0.717, 1.165) is 30.0 Å². The second-order valence-electron chi connectivity index (χ2n) is 8.65. The van der Waals surface area contributed by atoms with E-state index in [1.54, 1.807) is 20.1 Å². The van der Waals surface area contributed by atoms with Crippen LogP contribution in [0.3, 0.4) is 0 Å². The number of fused-ring (bicyclic) bond motifs is 1. The maximum absolute atomic E-state index is 13.2. The highest BCUT2D eigenvalue weighted by Crippen LogP contribution is 2.43.